The summed E-state index contributed by atoms with van der Waals surface area (Å²) < 4.78 is 19.3. The Morgan fingerprint density at radius 1 is 1.16 bits per heavy atom. The zero-order chi connectivity index (χ0) is 13.4. The van der Waals surface area contributed by atoms with Gasteiger partial charge in [0, 0.05) is 28.6 Å². The highest BCUT2D eigenvalue weighted by atomic mass is 19.1. The lowest BCUT2D eigenvalue weighted by atomic mass is 9.99. The van der Waals surface area contributed by atoms with Crippen LogP contribution in [0.1, 0.15) is 12.7 Å². The van der Waals surface area contributed by atoms with Crippen molar-refractivity contribution in [2.75, 3.05) is 5.73 Å². The third-order valence-corrected chi connectivity index (χ3v) is 3.27. The summed E-state index contributed by atoms with van der Waals surface area (Å²) in [5.74, 6) is 0.537. The number of nitrogen functional groups attached to an aromatic ring is 1. The van der Waals surface area contributed by atoms with Crippen molar-refractivity contribution in [3.8, 4) is 11.1 Å². The number of benzene rings is 2. The summed E-state index contributed by atoms with van der Waals surface area (Å²) in [5.41, 5.74) is 8.94. The Labute approximate surface area is 110 Å². The Kier molecular flexibility index (Phi) is 2.75. The van der Waals surface area contributed by atoms with Crippen molar-refractivity contribution in [3.05, 3.63) is 54.0 Å². The van der Waals surface area contributed by atoms with Crippen molar-refractivity contribution >= 4 is 16.7 Å². The number of hydrogen-bond donors (Lipinski definition) is 1. The molecule has 0 aliphatic heterocycles. The lowest BCUT2D eigenvalue weighted by molar-refractivity contribution is 0.558. The van der Waals surface area contributed by atoms with Crippen LogP contribution >= 0.6 is 0 Å². The second-order valence-corrected chi connectivity index (χ2v) is 4.48. The normalized spacial score (nSPS) is 11.1. The number of anilines is 1. The fourth-order valence-corrected chi connectivity index (χ4v) is 2.39. The van der Waals surface area contributed by atoms with E-state index in [1.807, 2.05) is 31.2 Å². The Morgan fingerprint density at radius 3 is 2.74 bits per heavy atom. The van der Waals surface area contributed by atoms with Crippen LogP contribution in [0.25, 0.3) is 22.1 Å². The molecule has 0 unspecified atom stereocenters. The summed E-state index contributed by atoms with van der Waals surface area (Å²) in [4.78, 5) is 0. The van der Waals surface area contributed by atoms with Crippen LogP contribution in [-0.4, -0.2) is 0 Å². The number of halogens is 1. The van der Waals surface area contributed by atoms with Gasteiger partial charge in [-0.1, -0.05) is 25.1 Å². The van der Waals surface area contributed by atoms with Gasteiger partial charge in [-0.15, -0.1) is 0 Å². The SMILES string of the molecule is CCc1oc2ccccc2c1-c1cc(F)ccc1N. The molecular weight excluding hydrogens is 241 g/mol. The van der Waals surface area contributed by atoms with E-state index in [1.54, 1.807) is 6.07 Å². The molecule has 2 N–H and O–H groups in total. The van der Waals surface area contributed by atoms with Crippen LogP contribution in [0.3, 0.4) is 0 Å². The van der Waals surface area contributed by atoms with E-state index < -0.39 is 0 Å². The predicted molar refractivity (Wildman–Crippen MR) is 75.4 cm³/mol. The van der Waals surface area contributed by atoms with Gasteiger partial charge in [0.05, 0.1) is 0 Å². The third kappa shape index (κ3) is 1.87. The topological polar surface area (TPSA) is 39.2 Å². The lowest BCUT2D eigenvalue weighted by Crippen LogP contribution is -1.92. The number of fused-ring (bicyclic) bond motifs is 1. The first-order valence-electron chi connectivity index (χ1n) is 6.26. The number of aryl methyl sites for hydroxylation is 1. The highest BCUT2D eigenvalue weighted by Crippen LogP contribution is 2.38. The van der Waals surface area contributed by atoms with Gasteiger partial charge in [-0.3, -0.25) is 0 Å². The van der Waals surface area contributed by atoms with Crippen LogP contribution in [0.4, 0.5) is 10.1 Å². The van der Waals surface area contributed by atoms with Gasteiger partial charge in [0.25, 0.3) is 0 Å². The molecule has 96 valence electrons. The zero-order valence-corrected chi connectivity index (χ0v) is 10.6. The molecule has 2 aromatic carbocycles. The Morgan fingerprint density at radius 2 is 1.95 bits per heavy atom. The largest absolute Gasteiger partial charge is 0.460 e. The molecule has 19 heavy (non-hydrogen) atoms. The smallest absolute Gasteiger partial charge is 0.134 e. The molecule has 0 amide bonds. The second-order valence-electron chi connectivity index (χ2n) is 4.48. The quantitative estimate of drug-likeness (QED) is 0.690. The first-order chi connectivity index (χ1) is 9.20. The summed E-state index contributed by atoms with van der Waals surface area (Å²) in [6.45, 7) is 2.01. The van der Waals surface area contributed by atoms with Crippen LogP contribution in [0.5, 0.6) is 0 Å². The molecule has 1 aromatic heterocycles. The molecule has 0 radical (unpaired) electrons. The zero-order valence-electron chi connectivity index (χ0n) is 10.6. The van der Waals surface area contributed by atoms with Crippen LogP contribution in [-0.2, 0) is 6.42 Å². The molecule has 0 saturated carbocycles. The molecule has 0 atom stereocenters. The first-order valence-corrected chi connectivity index (χ1v) is 6.26. The molecule has 2 nitrogen and oxygen atoms in total. The highest BCUT2D eigenvalue weighted by Gasteiger charge is 2.16. The summed E-state index contributed by atoms with van der Waals surface area (Å²) in [5, 5.41) is 0.969. The fourth-order valence-electron chi connectivity index (χ4n) is 2.39. The summed E-state index contributed by atoms with van der Waals surface area (Å²) in [7, 11) is 0. The molecular formula is C16H14FNO. The van der Waals surface area contributed by atoms with Crippen LogP contribution < -0.4 is 5.73 Å². The van der Waals surface area contributed by atoms with Gasteiger partial charge in [0.1, 0.15) is 17.2 Å². The molecule has 0 aliphatic carbocycles. The monoisotopic (exact) mass is 255 g/mol. The van der Waals surface area contributed by atoms with E-state index in [4.69, 9.17) is 10.2 Å². The molecule has 0 aliphatic rings. The maximum atomic E-state index is 13.5. The minimum Gasteiger partial charge on any atom is -0.460 e. The van der Waals surface area contributed by atoms with Crippen molar-refractivity contribution in [1.82, 2.24) is 0 Å². The van der Waals surface area contributed by atoms with Gasteiger partial charge in [-0.2, -0.15) is 0 Å². The van der Waals surface area contributed by atoms with Crippen molar-refractivity contribution in [1.29, 1.82) is 0 Å². The third-order valence-electron chi connectivity index (χ3n) is 3.27. The van der Waals surface area contributed by atoms with Crippen LogP contribution in [0.15, 0.2) is 46.9 Å². The van der Waals surface area contributed by atoms with E-state index in [1.165, 1.54) is 12.1 Å². The van der Waals surface area contributed by atoms with Crippen molar-refractivity contribution in [3.63, 3.8) is 0 Å². The number of furan rings is 1. The molecule has 3 heteroatoms. The number of nitrogens with two attached hydrogens (primary N) is 1. The number of para-hydroxylation sites is 1. The minimum absolute atomic E-state index is 0.295. The van der Waals surface area contributed by atoms with E-state index >= 15 is 0 Å². The molecule has 0 spiro atoms. The number of rotatable bonds is 2. The molecule has 3 aromatic rings. The van der Waals surface area contributed by atoms with Crippen molar-refractivity contribution in [2.45, 2.75) is 13.3 Å². The van der Waals surface area contributed by atoms with E-state index in [9.17, 15) is 4.39 Å². The predicted octanol–water partition coefficient (Wildman–Crippen LogP) is 4.38. The van der Waals surface area contributed by atoms with E-state index in [0.29, 0.717) is 11.3 Å². The summed E-state index contributed by atoms with van der Waals surface area (Å²) in [6.07, 6.45) is 0.736. The van der Waals surface area contributed by atoms with Gasteiger partial charge in [-0.25, -0.2) is 4.39 Å². The van der Waals surface area contributed by atoms with Gasteiger partial charge >= 0.3 is 0 Å². The maximum absolute atomic E-state index is 13.5. The Bertz CT molecular complexity index is 746. The molecule has 0 fully saturated rings. The van der Waals surface area contributed by atoms with E-state index in [2.05, 4.69) is 0 Å². The average molecular weight is 255 g/mol. The molecule has 0 saturated heterocycles. The highest BCUT2D eigenvalue weighted by molar-refractivity contribution is 5.98. The standard InChI is InChI=1S/C16H14FNO/c1-2-14-16(11-5-3-4-6-15(11)19-14)12-9-10(17)7-8-13(12)18/h3-9H,2,18H2,1H3. The second kappa shape index (κ2) is 4.43. The van der Waals surface area contributed by atoms with E-state index in [0.717, 1.165) is 28.7 Å². The molecule has 1 heterocycles. The van der Waals surface area contributed by atoms with Gasteiger partial charge in [0.15, 0.2) is 0 Å². The number of hydrogen-bond acceptors (Lipinski definition) is 2. The minimum atomic E-state index is -0.295. The van der Waals surface area contributed by atoms with Crippen molar-refractivity contribution in [2.24, 2.45) is 0 Å². The van der Waals surface area contributed by atoms with Crippen LogP contribution in [0, 0.1) is 5.82 Å². The van der Waals surface area contributed by atoms with E-state index in [-0.39, 0.29) is 5.82 Å². The van der Waals surface area contributed by atoms with Gasteiger partial charge in [-0.05, 0) is 24.3 Å². The Hall–Kier alpha value is -2.29. The van der Waals surface area contributed by atoms with Gasteiger partial charge in [0.2, 0.25) is 0 Å². The summed E-state index contributed by atoms with van der Waals surface area (Å²) >= 11 is 0. The summed E-state index contributed by atoms with van der Waals surface area (Å²) in [6, 6.07) is 12.2. The van der Waals surface area contributed by atoms with Crippen molar-refractivity contribution < 1.29 is 8.81 Å². The lowest BCUT2D eigenvalue weighted by Gasteiger charge is -2.06. The average Bonchev–Trinajstić information content (AvgIpc) is 2.80. The maximum Gasteiger partial charge on any atom is 0.134 e. The molecule has 3 rings (SSSR count). The van der Waals surface area contributed by atoms with Gasteiger partial charge < -0.3 is 10.2 Å². The molecule has 0 bridgehead atoms. The Balaban J connectivity index is 2.37. The fraction of sp³-hybridized carbons (Fsp3) is 0.125. The van der Waals surface area contributed by atoms with Crippen LogP contribution in [0.2, 0.25) is 0 Å². The first kappa shape index (κ1) is 11.8.